The first-order chi connectivity index (χ1) is 11.9. The van der Waals surface area contributed by atoms with Crippen LogP contribution in [0.15, 0.2) is 47.9 Å². The van der Waals surface area contributed by atoms with Crippen molar-refractivity contribution in [1.29, 1.82) is 0 Å². The van der Waals surface area contributed by atoms with Crippen molar-refractivity contribution >= 4 is 10.0 Å². The maximum absolute atomic E-state index is 12.9. The zero-order chi connectivity index (χ0) is 18.0. The second kappa shape index (κ2) is 7.27. The van der Waals surface area contributed by atoms with E-state index in [1.165, 1.54) is 11.9 Å². The molecular weight excluding hydrogens is 336 g/mol. The predicted molar refractivity (Wildman–Crippen MR) is 97.8 cm³/mol. The molecule has 2 atom stereocenters. The lowest BCUT2D eigenvalue weighted by Gasteiger charge is -2.21. The highest BCUT2D eigenvalue weighted by Gasteiger charge is 2.40. The average molecular weight is 362 g/mol. The molecule has 136 valence electrons. The molecule has 0 aliphatic carbocycles. The minimum Gasteiger partial charge on any atom is -0.339 e. The third-order valence-electron chi connectivity index (χ3n) is 4.59. The van der Waals surface area contributed by atoms with Gasteiger partial charge in [0.15, 0.2) is 5.03 Å². The molecule has 3 rings (SSSR count). The Labute approximate surface area is 149 Å². The molecule has 2 unspecified atom stereocenters. The number of aromatic nitrogens is 2. The van der Waals surface area contributed by atoms with Gasteiger partial charge < -0.3 is 9.88 Å². The van der Waals surface area contributed by atoms with Crippen molar-refractivity contribution in [2.75, 3.05) is 19.6 Å². The summed E-state index contributed by atoms with van der Waals surface area (Å²) in [6, 6.07) is 10.2. The third-order valence-corrected chi connectivity index (χ3v) is 6.31. The van der Waals surface area contributed by atoms with Gasteiger partial charge in [-0.2, -0.15) is 4.31 Å². The Balaban J connectivity index is 1.85. The van der Waals surface area contributed by atoms with Gasteiger partial charge in [-0.15, -0.1) is 0 Å². The van der Waals surface area contributed by atoms with Gasteiger partial charge in [-0.05, 0) is 18.0 Å². The van der Waals surface area contributed by atoms with E-state index in [1.54, 1.807) is 22.1 Å². The lowest BCUT2D eigenvalue weighted by atomic mass is 9.94. The number of rotatable bonds is 6. The van der Waals surface area contributed by atoms with E-state index in [9.17, 15) is 8.42 Å². The fourth-order valence-corrected chi connectivity index (χ4v) is 4.71. The summed E-state index contributed by atoms with van der Waals surface area (Å²) in [5.41, 5.74) is 1.17. The summed E-state index contributed by atoms with van der Waals surface area (Å²) in [5, 5.41) is 3.67. The Morgan fingerprint density at radius 3 is 2.56 bits per heavy atom. The highest BCUT2D eigenvalue weighted by atomic mass is 32.2. The Kier molecular flexibility index (Phi) is 5.27. The SMILES string of the molecule is CC(C)CNC1CN(S(=O)(=O)c2cn(C)cn2)CC1c1ccccc1. The van der Waals surface area contributed by atoms with E-state index in [4.69, 9.17) is 0 Å². The fraction of sp³-hybridized carbons (Fsp3) is 0.500. The lowest BCUT2D eigenvalue weighted by molar-refractivity contribution is 0.436. The van der Waals surface area contributed by atoms with Gasteiger partial charge in [0.1, 0.15) is 0 Å². The summed E-state index contributed by atoms with van der Waals surface area (Å²) in [6.07, 6.45) is 3.08. The first kappa shape index (κ1) is 18.1. The van der Waals surface area contributed by atoms with E-state index >= 15 is 0 Å². The molecule has 6 nitrogen and oxygen atoms in total. The summed E-state index contributed by atoms with van der Waals surface area (Å²) < 4.78 is 29.1. The number of nitrogens with zero attached hydrogens (tertiary/aromatic N) is 3. The van der Waals surface area contributed by atoms with Gasteiger partial charge in [0.25, 0.3) is 10.0 Å². The van der Waals surface area contributed by atoms with Crippen LogP contribution < -0.4 is 5.32 Å². The van der Waals surface area contributed by atoms with Crippen LogP contribution in [0.3, 0.4) is 0 Å². The number of nitrogens with one attached hydrogen (secondary N) is 1. The Hall–Kier alpha value is -1.70. The Morgan fingerprint density at radius 1 is 1.24 bits per heavy atom. The molecule has 2 aromatic rings. The second-order valence-corrected chi connectivity index (χ2v) is 9.01. The quantitative estimate of drug-likeness (QED) is 0.851. The van der Waals surface area contributed by atoms with Gasteiger partial charge in [0.05, 0.1) is 6.33 Å². The lowest BCUT2D eigenvalue weighted by Crippen LogP contribution is -2.38. The van der Waals surface area contributed by atoms with Crippen LogP contribution in [0.5, 0.6) is 0 Å². The van der Waals surface area contributed by atoms with Crippen LogP contribution in [0.25, 0.3) is 0 Å². The van der Waals surface area contributed by atoms with E-state index in [0.29, 0.717) is 19.0 Å². The van der Waals surface area contributed by atoms with Crippen LogP contribution in [0.2, 0.25) is 0 Å². The van der Waals surface area contributed by atoms with Crippen LogP contribution in [-0.2, 0) is 17.1 Å². The van der Waals surface area contributed by atoms with Gasteiger partial charge in [0.2, 0.25) is 0 Å². The molecule has 1 aromatic carbocycles. The first-order valence-electron chi connectivity index (χ1n) is 8.64. The van der Waals surface area contributed by atoms with Gasteiger partial charge >= 0.3 is 0 Å². The largest absolute Gasteiger partial charge is 0.339 e. The van der Waals surface area contributed by atoms with Crippen LogP contribution in [0.4, 0.5) is 0 Å². The summed E-state index contributed by atoms with van der Waals surface area (Å²) in [5.74, 6) is 0.649. The van der Waals surface area contributed by atoms with Crippen molar-refractivity contribution in [3.05, 3.63) is 48.4 Å². The van der Waals surface area contributed by atoms with Crippen molar-refractivity contribution in [3.8, 4) is 0 Å². The van der Waals surface area contributed by atoms with Crippen LogP contribution in [-0.4, -0.2) is 48.0 Å². The average Bonchev–Trinajstić information content (AvgIpc) is 3.21. The Bertz CT molecular complexity index is 801. The standard InChI is InChI=1S/C18H26N4O2S/c1-14(2)9-19-17-11-22(10-16(17)15-7-5-4-6-8-15)25(23,24)18-12-21(3)13-20-18/h4-8,12-14,16-17,19H,9-11H2,1-3H3. The van der Waals surface area contributed by atoms with E-state index in [1.807, 2.05) is 18.2 Å². The molecule has 1 aliphatic rings. The number of aryl methyl sites for hydroxylation is 1. The molecule has 0 bridgehead atoms. The van der Waals surface area contributed by atoms with Crippen molar-refractivity contribution < 1.29 is 8.42 Å². The highest BCUT2D eigenvalue weighted by Crippen LogP contribution is 2.31. The maximum Gasteiger partial charge on any atom is 0.262 e. The van der Waals surface area contributed by atoms with Crippen LogP contribution in [0.1, 0.15) is 25.3 Å². The molecule has 25 heavy (non-hydrogen) atoms. The number of hydrogen-bond donors (Lipinski definition) is 1. The van der Waals surface area contributed by atoms with Crippen molar-refractivity contribution in [2.45, 2.75) is 30.8 Å². The second-order valence-electron chi connectivity index (χ2n) is 7.13. The molecule has 7 heteroatoms. The van der Waals surface area contributed by atoms with Crippen LogP contribution >= 0.6 is 0 Å². The molecule has 1 saturated heterocycles. The van der Waals surface area contributed by atoms with E-state index in [0.717, 1.165) is 6.54 Å². The van der Waals surface area contributed by atoms with Crippen molar-refractivity contribution in [3.63, 3.8) is 0 Å². The number of hydrogen-bond acceptors (Lipinski definition) is 4. The van der Waals surface area contributed by atoms with E-state index in [2.05, 4.69) is 36.3 Å². The summed E-state index contributed by atoms with van der Waals surface area (Å²) in [7, 11) is -1.80. The topological polar surface area (TPSA) is 67.2 Å². The predicted octanol–water partition coefficient (Wildman–Crippen LogP) is 1.82. The summed E-state index contributed by atoms with van der Waals surface area (Å²) in [6.45, 7) is 6.11. The minimum absolute atomic E-state index is 0.100. The van der Waals surface area contributed by atoms with E-state index in [-0.39, 0.29) is 17.0 Å². The highest BCUT2D eigenvalue weighted by molar-refractivity contribution is 7.89. The van der Waals surface area contributed by atoms with Crippen molar-refractivity contribution in [1.82, 2.24) is 19.2 Å². The van der Waals surface area contributed by atoms with Gasteiger partial charge in [-0.1, -0.05) is 44.2 Å². The Morgan fingerprint density at radius 2 is 1.96 bits per heavy atom. The molecule has 2 heterocycles. The molecule has 1 N–H and O–H groups in total. The zero-order valence-corrected chi connectivity index (χ0v) is 15.8. The zero-order valence-electron chi connectivity index (χ0n) is 15.0. The van der Waals surface area contributed by atoms with E-state index < -0.39 is 10.0 Å². The molecule has 1 aliphatic heterocycles. The molecule has 0 spiro atoms. The molecule has 0 saturated carbocycles. The molecule has 0 amide bonds. The smallest absolute Gasteiger partial charge is 0.262 e. The monoisotopic (exact) mass is 362 g/mol. The summed E-state index contributed by atoms with van der Waals surface area (Å²) in [4.78, 5) is 4.04. The minimum atomic E-state index is -3.57. The third kappa shape index (κ3) is 3.94. The van der Waals surface area contributed by atoms with Gasteiger partial charge in [-0.25, -0.2) is 13.4 Å². The summed E-state index contributed by atoms with van der Waals surface area (Å²) >= 11 is 0. The first-order valence-corrected chi connectivity index (χ1v) is 10.1. The number of benzene rings is 1. The molecule has 1 aromatic heterocycles. The van der Waals surface area contributed by atoms with Crippen LogP contribution in [0, 0.1) is 5.92 Å². The van der Waals surface area contributed by atoms with Gasteiger partial charge in [0, 0.05) is 38.3 Å². The number of imidazole rings is 1. The van der Waals surface area contributed by atoms with Gasteiger partial charge in [-0.3, -0.25) is 0 Å². The molecular formula is C18H26N4O2S. The normalized spacial score (nSPS) is 21.9. The van der Waals surface area contributed by atoms with Crippen molar-refractivity contribution in [2.24, 2.45) is 13.0 Å². The molecule has 0 radical (unpaired) electrons. The fourth-order valence-electron chi connectivity index (χ4n) is 3.25. The maximum atomic E-state index is 12.9. The molecule has 1 fully saturated rings. The number of sulfonamides is 1.